The molecule has 6 heteroatoms. The van der Waals surface area contributed by atoms with E-state index in [4.69, 9.17) is 21.1 Å². The topological polar surface area (TPSA) is 45.4 Å². The zero-order valence-electron chi connectivity index (χ0n) is 6.93. The second kappa shape index (κ2) is 4.02. The van der Waals surface area contributed by atoms with Gasteiger partial charge in [0.2, 0.25) is 5.75 Å². The lowest BCUT2D eigenvalue weighted by atomic mass is 10.4. The molecule has 1 rings (SSSR count). The number of aromatic nitrogens is 1. The van der Waals surface area contributed by atoms with Crippen LogP contribution in [0.25, 0.3) is 0 Å². The van der Waals surface area contributed by atoms with Crippen LogP contribution in [0.5, 0.6) is 11.6 Å². The van der Waals surface area contributed by atoms with Gasteiger partial charge in [-0.3, -0.25) is 0 Å². The summed E-state index contributed by atoms with van der Waals surface area (Å²) >= 11 is 8.81. The number of hydrogen-bond acceptors (Lipinski definition) is 3. The monoisotopic (exact) mass is 266 g/mol. The lowest BCUT2D eigenvalue weighted by Crippen LogP contribution is -2.29. The number of rotatable bonds is 2. The molecule has 1 aromatic heterocycles. The lowest BCUT2D eigenvalue weighted by Gasteiger charge is -2.08. The minimum absolute atomic E-state index is 0.0128. The summed E-state index contributed by atoms with van der Waals surface area (Å²) in [6.45, 7) is 0. The maximum atomic E-state index is 11.2. The second-order valence-corrected chi connectivity index (χ2v) is 3.25. The van der Waals surface area contributed by atoms with Crippen molar-refractivity contribution in [3.63, 3.8) is 0 Å². The molecule has 1 radical (unpaired) electrons. The van der Waals surface area contributed by atoms with Crippen LogP contribution in [0.15, 0.2) is 4.47 Å². The van der Waals surface area contributed by atoms with Crippen LogP contribution in [0.4, 0.5) is 0 Å². The summed E-state index contributed by atoms with van der Waals surface area (Å²) in [6.07, 6.45) is 2.31. The van der Waals surface area contributed by atoms with Crippen molar-refractivity contribution in [2.45, 2.75) is 0 Å². The molecule has 0 saturated heterocycles. The third kappa shape index (κ3) is 1.81. The van der Waals surface area contributed by atoms with Crippen molar-refractivity contribution in [2.24, 2.45) is 0 Å². The molecule has 71 valence electrons. The Bertz CT molecular complexity index is 332. The zero-order valence-corrected chi connectivity index (χ0v) is 9.27. The molecule has 1 aromatic rings. The average molecular weight is 267 g/mol. The van der Waals surface area contributed by atoms with Crippen molar-refractivity contribution >= 4 is 27.5 Å². The van der Waals surface area contributed by atoms with Crippen molar-refractivity contribution in [3.8, 4) is 11.6 Å². The Balaban J connectivity index is 3.41. The molecule has 0 saturated carbocycles. The van der Waals surface area contributed by atoms with Crippen LogP contribution in [0.3, 0.4) is 0 Å². The summed E-state index contributed by atoms with van der Waals surface area (Å²) in [4.78, 5) is 0. The summed E-state index contributed by atoms with van der Waals surface area (Å²) in [5.74, 6) is 0.264. The van der Waals surface area contributed by atoms with E-state index in [1.54, 1.807) is 0 Å². The number of hydrogen-bond donors (Lipinski definition) is 0. The molecule has 13 heavy (non-hydrogen) atoms. The summed E-state index contributed by atoms with van der Waals surface area (Å²) in [7, 11) is 2.78. The Hall–Kier alpha value is -0.680. The van der Waals surface area contributed by atoms with Crippen LogP contribution >= 0.6 is 27.5 Å². The number of pyridine rings is 1. The summed E-state index contributed by atoms with van der Waals surface area (Å²) < 4.78 is 10.6. The number of halogens is 2. The lowest BCUT2D eigenvalue weighted by molar-refractivity contribution is -0.616. The molecule has 0 atom stereocenters. The van der Waals surface area contributed by atoms with Crippen molar-refractivity contribution in [1.29, 1.82) is 0 Å². The molecule has 0 N–H and O–H groups in total. The number of ether oxygens (including phenoxy) is 2. The third-order valence-corrected chi connectivity index (χ3v) is 2.63. The molecule has 4 nitrogen and oxygen atoms in total. The smallest absolute Gasteiger partial charge is 0.424 e. The van der Waals surface area contributed by atoms with Crippen LogP contribution in [-0.4, -0.2) is 14.2 Å². The van der Waals surface area contributed by atoms with Gasteiger partial charge in [0.05, 0.1) is 18.7 Å². The largest absolute Gasteiger partial charge is 0.615 e. The van der Waals surface area contributed by atoms with Gasteiger partial charge in [-0.1, -0.05) is 11.6 Å². The molecule has 0 fully saturated rings. The second-order valence-electron chi connectivity index (χ2n) is 2.08. The Morgan fingerprint density at radius 2 is 2.08 bits per heavy atom. The number of nitrogens with zero attached hydrogens (tertiary/aromatic N) is 1. The molecule has 0 aromatic carbocycles. The Morgan fingerprint density at radius 3 is 2.54 bits per heavy atom. The fourth-order valence-corrected chi connectivity index (χ4v) is 1.41. The first-order chi connectivity index (χ1) is 6.11. The van der Waals surface area contributed by atoms with Gasteiger partial charge < -0.3 is 14.7 Å². The van der Waals surface area contributed by atoms with E-state index < -0.39 is 0 Å². The molecule has 0 aliphatic heterocycles. The first-order valence-corrected chi connectivity index (χ1v) is 4.40. The molecule has 0 amide bonds. The fourth-order valence-electron chi connectivity index (χ4n) is 0.827. The minimum Gasteiger partial charge on any atom is -0.615 e. The molecule has 0 aliphatic rings. The fraction of sp³-hybridized carbons (Fsp3) is 0.286. The summed E-state index contributed by atoms with van der Waals surface area (Å²) in [6, 6.07) is 0. The van der Waals surface area contributed by atoms with Gasteiger partial charge in [-0.2, -0.15) is 0 Å². The van der Waals surface area contributed by atoms with Gasteiger partial charge in [0, 0.05) is 0 Å². The highest BCUT2D eigenvalue weighted by Gasteiger charge is 2.22. The van der Waals surface area contributed by atoms with Crippen LogP contribution in [0.2, 0.25) is 5.02 Å². The Kier molecular flexibility index (Phi) is 3.22. The van der Waals surface area contributed by atoms with Crippen molar-refractivity contribution in [2.75, 3.05) is 14.2 Å². The van der Waals surface area contributed by atoms with Crippen LogP contribution < -0.4 is 14.2 Å². The maximum absolute atomic E-state index is 11.2. The van der Waals surface area contributed by atoms with Crippen molar-refractivity contribution < 1.29 is 14.2 Å². The van der Waals surface area contributed by atoms with Gasteiger partial charge in [0.1, 0.15) is 5.02 Å². The predicted octanol–water partition coefficient (Wildman–Crippen LogP) is 1.55. The molecular formula is C7H6BrClNO3. The highest BCUT2D eigenvalue weighted by molar-refractivity contribution is 9.10. The standard InChI is InChI=1S/C7H6BrClNO3/c1-12-6-5(8)4(9)3-10(11)7(6)13-2/h1-2H3. The summed E-state index contributed by atoms with van der Waals surface area (Å²) in [5, 5.41) is 11.3. The van der Waals surface area contributed by atoms with E-state index in [0.717, 1.165) is 0 Å². The molecular weight excluding hydrogens is 261 g/mol. The van der Waals surface area contributed by atoms with E-state index in [1.807, 2.05) is 0 Å². The van der Waals surface area contributed by atoms with Crippen molar-refractivity contribution in [3.05, 3.63) is 20.9 Å². The highest BCUT2D eigenvalue weighted by Crippen LogP contribution is 2.36. The molecule has 0 aliphatic carbocycles. The molecule has 0 bridgehead atoms. The van der Waals surface area contributed by atoms with E-state index in [0.29, 0.717) is 9.20 Å². The summed E-state index contributed by atoms with van der Waals surface area (Å²) in [5.41, 5.74) is 0. The normalized spacial score (nSPS) is 9.85. The van der Waals surface area contributed by atoms with E-state index in [2.05, 4.69) is 22.1 Å². The van der Waals surface area contributed by atoms with Gasteiger partial charge in [-0.15, -0.1) is 4.73 Å². The predicted molar refractivity (Wildman–Crippen MR) is 50.1 cm³/mol. The quantitative estimate of drug-likeness (QED) is 0.603. The van der Waals surface area contributed by atoms with Gasteiger partial charge in [-0.05, 0) is 15.9 Å². The Morgan fingerprint density at radius 1 is 1.46 bits per heavy atom. The van der Waals surface area contributed by atoms with E-state index in [-0.39, 0.29) is 16.7 Å². The van der Waals surface area contributed by atoms with Gasteiger partial charge >= 0.3 is 12.1 Å². The molecule has 0 spiro atoms. The highest BCUT2D eigenvalue weighted by atomic mass is 79.9. The van der Waals surface area contributed by atoms with Crippen LogP contribution in [0, 0.1) is 11.4 Å². The Labute approximate surface area is 88.7 Å². The maximum Gasteiger partial charge on any atom is 0.424 e. The molecule has 0 unspecified atom stereocenters. The molecule has 1 heterocycles. The van der Waals surface area contributed by atoms with Gasteiger partial charge in [0.15, 0.2) is 0 Å². The third-order valence-electron chi connectivity index (χ3n) is 1.37. The minimum atomic E-state index is 0.0128. The van der Waals surface area contributed by atoms with E-state index in [1.165, 1.54) is 14.2 Å². The number of methoxy groups -OCH3 is 2. The van der Waals surface area contributed by atoms with E-state index in [9.17, 15) is 5.21 Å². The van der Waals surface area contributed by atoms with Gasteiger partial charge in [-0.25, -0.2) is 0 Å². The zero-order chi connectivity index (χ0) is 10.0. The SMILES string of the molecule is COc1c(Br)c(Cl)[c][n+]([O-])c1OC. The van der Waals surface area contributed by atoms with Crippen molar-refractivity contribution in [1.82, 2.24) is 0 Å². The first kappa shape index (κ1) is 10.4. The van der Waals surface area contributed by atoms with Crippen LogP contribution in [0.1, 0.15) is 0 Å². The first-order valence-electron chi connectivity index (χ1n) is 3.23. The van der Waals surface area contributed by atoms with Crippen LogP contribution in [-0.2, 0) is 0 Å². The van der Waals surface area contributed by atoms with E-state index >= 15 is 0 Å². The average Bonchev–Trinajstić information content (AvgIpc) is 2.10. The van der Waals surface area contributed by atoms with Gasteiger partial charge in [0.25, 0.3) is 0 Å².